The molecule has 1 aliphatic rings. The fourth-order valence-electron chi connectivity index (χ4n) is 2.06. The van der Waals surface area contributed by atoms with Gasteiger partial charge in [0.05, 0.1) is 12.5 Å². The van der Waals surface area contributed by atoms with Crippen molar-refractivity contribution in [1.82, 2.24) is 5.32 Å². The number of amides is 2. The van der Waals surface area contributed by atoms with Crippen molar-refractivity contribution in [3.8, 4) is 0 Å². The van der Waals surface area contributed by atoms with Gasteiger partial charge in [0.2, 0.25) is 11.8 Å². The highest BCUT2D eigenvalue weighted by Crippen LogP contribution is 2.30. The van der Waals surface area contributed by atoms with Crippen molar-refractivity contribution in [3.05, 3.63) is 35.9 Å². The Morgan fingerprint density at radius 2 is 1.89 bits per heavy atom. The molecule has 0 aliphatic carbocycles. The predicted molar refractivity (Wildman–Crippen MR) is 62.5 cm³/mol. The van der Waals surface area contributed by atoms with E-state index in [0.29, 0.717) is 5.56 Å². The van der Waals surface area contributed by atoms with E-state index >= 15 is 0 Å². The van der Waals surface area contributed by atoms with Crippen molar-refractivity contribution in [2.75, 3.05) is 6.61 Å². The van der Waals surface area contributed by atoms with E-state index in [4.69, 9.17) is 4.74 Å². The zero-order valence-corrected chi connectivity index (χ0v) is 9.88. The predicted octanol–water partition coefficient (Wildman–Crippen LogP) is 0.606. The number of hydrogen-bond acceptors (Lipinski definition) is 4. The van der Waals surface area contributed by atoms with Gasteiger partial charge < -0.3 is 4.74 Å². The highest BCUT2D eigenvalue weighted by atomic mass is 16.5. The van der Waals surface area contributed by atoms with Crippen LogP contribution in [-0.4, -0.2) is 24.4 Å². The van der Waals surface area contributed by atoms with E-state index in [9.17, 15) is 14.4 Å². The topological polar surface area (TPSA) is 72.5 Å². The maximum absolute atomic E-state index is 11.8. The monoisotopic (exact) mass is 247 g/mol. The van der Waals surface area contributed by atoms with Crippen LogP contribution in [0.1, 0.15) is 18.4 Å². The summed E-state index contributed by atoms with van der Waals surface area (Å²) in [5.41, 5.74) is 0.638. The Labute approximate surface area is 104 Å². The van der Waals surface area contributed by atoms with Gasteiger partial charge >= 0.3 is 5.97 Å². The Morgan fingerprint density at radius 3 is 2.50 bits per heavy atom. The van der Waals surface area contributed by atoms with Crippen molar-refractivity contribution in [2.24, 2.45) is 5.92 Å². The Hall–Kier alpha value is -2.17. The Balaban J connectivity index is 2.34. The van der Waals surface area contributed by atoms with Crippen molar-refractivity contribution >= 4 is 17.8 Å². The molecular formula is C13H13NO4. The number of nitrogens with one attached hydrogen (secondary N) is 1. The molecule has 1 heterocycles. The van der Waals surface area contributed by atoms with Gasteiger partial charge in [-0.3, -0.25) is 19.7 Å². The molecule has 2 atom stereocenters. The van der Waals surface area contributed by atoms with Gasteiger partial charge in [-0.05, 0) is 12.5 Å². The first kappa shape index (κ1) is 12.3. The first-order valence-corrected chi connectivity index (χ1v) is 5.71. The molecule has 1 aromatic rings. The fraction of sp³-hybridized carbons (Fsp3) is 0.308. The lowest BCUT2D eigenvalue weighted by molar-refractivity contribution is -0.151. The summed E-state index contributed by atoms with van der Waals surface area (Å²) in [4.78, 5) is 35.2. The number of benzene rings is 1. The molecule has 1 fully saturated rings. The highest BCUT2D eigenvalue weighted by molar-refractivity contribution is 6.15. The van der Waals surface area contributed by atoms with Crippen LogP contribution in [0.4, 0.5) is 0 Å². The van der Waals surface area contributed by atoms with Gasteiger partial charge in [0, 0.05) is 0 Å². The van der Waals surface area contributed by atoms with Crippen LogP contribution in [0.5, 0.6) is 0 Å². The quantitative estimate of drug-likeness (QED) is 0.482. The number of esters is 1. The second-order valence-corrected chi connectivity index (χ2v) is 3.97. The molecule has 2 amide bonds. The van der Waals surface area contributed by atoms with Crippen LogP contribution in [0.15, 0.2) is 30.3 Å². The lowest BCUT2D eigenvalue weighted by Gasteiger charge is -2.14. The summed E-state index contributed by atoms with van der Waals surface area (Å²) in [6, 6.07) is 8.75. The lowest BCUT2D eigenvalue weighted by atomic mass is 9.88. The van der Waals surface area contributed by atoms with Crippen LogP contribution in [0.25, 0.3) is 0 Å². The third-order valence-electron chi connectivity index (χ3n) is 2.84. The molecule has 2 rings (SSSR count). The van der Waals surface area contributed by atoms with E-state index in [1.165, 1.54) is 0 Å². The molecule has 1 aromatic carbocycles. The SMILES string of the molecule is CCOC(=O)C1C(=O)NC(=O)C1c1ccccc1. The number of hydrogen-bond donors (Lipinski definition) is 1. The van der Waals surface area contributed by atoms with Gasteiger partial charge in [-0.25, -0.2) is 0 Å². The Bertz CT molecular complexity index is 483. The largest absolute Gasteiger partial charge is 0.465 e. The first-order valence-electron chi connectivity index (χ1n) is 5.71. The molecule has 18 heavy (non-hydrogen) atoms. The minimum Gasteiger partial charge on any atom is -0.465 e. The number of ether oxygens (including phenoxy) is 1. The molecule has 0 spiro atoms. The van der Waals surface area contributed by atoms with Crippen molar-refractivity contribution in [2.45, 2.75) is 12.8 Å². The third-order valence-corrected chi connectivity index (χ3v) is 2.84. The van der Waals surface area contributed by atoms with E-state index in [1.807, 2.05) is 0 Å². The van der Waals surface area contributed by atoms with Gasteiger partial charge in [-0.2, -0.15) is 0 Å². The number of carbonyl (C=O) groups excluding carboxylic acids is 3. The van der Waals surface area contributed by atoms with Crippen LogP contribution in [0, 0.1) is 5.92 Å². The van der Waals surface area contributed by atoms with Crippen LogP contribution in [-0.2, 0) is 19.1 Å². The summed E-state index contributed by atoms with van der Waals surface area (Å²) in [5.74, 6) is -3.58. The maximum atomic E-state index is 11.8. The van der Waals surface area contributed by atoms with E-state index < -0.39 is 29.6 Å². The summed E-state index contributed by atoms with van der Waals surface area (Å²) in [6.45, 7) is 1.84. The van der Waals surface area contributed by atoms with E-state index in [-0.39, 0.29) is 6.61 Å². The third kappa shape index (κ3) is 2.11. The normalized spacial score (nSPS) is 22.7. The summed E-state index contributed by atoms with van der Waals surface area (Å²) < 4.78 is 4.84. The van der Waals surface area contributed by atoms with Crippen molar-refractivity contribution < 1.29 is 19.1 Å². The average Bonchev–Trinajstić information content (AvgIpc) is 2.65. The number of rotatable bonds is 3. The highest BCUT2D eigenvalue weighted by Gasteiger charge is 2.47. The minimum atomic E-state index is -1.08. The zero-order valence-electron chi connectivity index (χ0n) is 9.88. The van der Waals surface area contributed by atoms with E-state index in [1.54, 1.807) is 37.3 Å². The molecule has 0 bridgehead atoms. The fourth-order valence-corrected chi connectivity index (χ4v) is 2.06. The van der Waals surface area contributed by atoms with Gasteiger partial charge in [-0.15, -0.1) is 0 Å². The Morgan fingerprint density at radius 1 is 1.22 bits per heavy atom. The summed E-state index contributed by atoms with van der Waals surface area (Å²) in [5, 5.41) is 2.18. The van der Waals surface area contributed by atoms with E-state index in [0.717, 1.165) is 0 Å². The van der Waals surface area contributed by atoms with Crippen molar-refractivity contribution in [3.63, 3.8) is 0 Å². The number of imide groups is 1. The van der Waals surface area contributed by atoms with Gasteiger partial charge in [0.25, 0.3) is 0 Å². The van der Waals surface area contributed by atoms with Crippen LogP contribution >= 0.6 is 0 Å². The molecule has 1 N–H and O–H groups in total. The molecule has 0 radical (unpaired) electrons. The molecule has 0 saturated carbocycles. The van der Waals surface area contributed by atoms with Crippen LogP contribution < -0.4 is 5.32 Å². The first-order chi connectivity index (χ1) is 8.65. The molecule has 94 valence electrons. The molecule has 1 saturated heterocycles. The van der Waals surface area contributed by atoms with Crippen LogP contribution in [0.2, 0.25) is 0 Å². The zero-order chi connectivity index (χ0) is 13.1. The van der Waals surface area contributed by atoms with Gasteiger partial charge in [-0.1, -0.05) is 30.3 Å². The molecule has 5 nitrogen and oxygen atoms in total. The molecule has 5 heteroatoms. The standard InChI is InChI=1S/C13H13NO4/c1-2-18-13(17)10-9(11(15)14-12(10)16)8-6-4-3-5-7-8/h3-7,9-10H,2H2,1H3,(H,14,15,16). The van der Waals surface area contributed by atoms with Crippen LogP contribution in [0.3, 0.4) is 0 Å². The Kier molecular flexibility index (Phi) is 3.41. The maximum Gasteiger partial charge on any atom is 0.319 e. The van der Waals surface area contributed by atoms with Crippen molar-refractivity contribution in [1.29, 1.82) is 0 Å². The van der Waals surface area contributed by atoms with Gasteiger partial charge in [0.1, 0.15) is 0 Å². The number of carbonyl (C=O) groups is 3. The summed E-state index contributed by atoms with van der Waals surface area (Å²) >= 11 is 0. The molecule has 0 aromatic heterocycles. The molecule has 1 aliphatic heterocycles. The van der Waals surface area contributed by atoms with Gasteiger partial charge in [0.15, 0.2) is 5.92 Å². The minimum absolute atomic E-state index is 0.179. The van der Waals surface area contributed by atoms with E-state index in [2.05, 4.69) is 5.32 Å². The summed E-state index contributed by atoms with van der Waals surface area (Å²) in [6.07, 6.45) is 0. The molecular weight excluding hydrogens is 234 g/mol. The molecule has 2 unspecified atom stereocenters. The summed E-state index contributed by atoms with van der Waals surface area (Å²) in [7, 11) is 0. The second kappa shape index (κ2) is 5.00. The average molecular weight is 247 g/mol. The lowest BCUT2D eigenvalue weighted by Crippen LogP contribution is -2.28. The smallest absolute Gasteiger partial charge is 0.319 e. The second-order valence-electron chi connectivity index (χ2n) is 3.97.